The van der Waals surface area contributed by atoms with E-state index in [0.29, 0.717) is 6.42 Å². The van der Waals surface area contributed by atoms with Crippen molar-refractivity contribution in [2.24, 2.45) is 0 Å². The molecule has 2 N–H and O–H groups in total. The number of aromatic nitrogens is 2. The molecule has 5 nitrogen and oxygen atoms in total. The second kappa shape index (κ2) is 5.82. The highest BCUT2D eigenvalue weighted by molar-refractivity contribution is 5.76. The minimum Gasteiger partial charge on any atom is -0.378 e. The highest BCUT2D eigenvalue weighted by Gasteiger charge is 2.17. The maximum Gasteiger partial charge on any atom is 0.220 e. The average Bonchev–Trinajstić information content (AvgIpc) is 2.99. The predicted octanol–water partition coefficient (Wildman–Crippen LogP) is 1.55. The van der Waals surface area contributed by atoms with E-state index in [0.717, 1.165) is 31.4 Å². The number of aromatic amines is 1. The van der Waals surface area contributed by atoms with E-state index in [9.17, 15) is 4.79 Å². The molecule has 5 heteroatoms. The number of H-pyrrole nitrogens is 1. The van der Waals surface area contributed by atoms with Crippen molar-refractivity contribution in [2.45, 2.75) is 44.8 Å². The minimum atomic E-state index is 0.00532. The Morgan fingerprint density at radius 1 is 1.76 bits per heavy atom. The summed E-state index contributed by atoms with van der Waals surface area (Å²) in [6.07, 6.45) is 7.37. The second-order valence-electron chi connectivity index (χ2n) is 4.49. The third-order valence-corrected chi connectivity index (χ3v) is 3.11. The fraction of sp³-hybridized carbons (Fsp3) is 0.667. The van der Waals surface area contributed by atoms with Crippen LogP contribution < -0.4 is 5.32 Å². The van der Waals surface area contributed by atoms with Crippen LogP contribution in [-0.2, 0) is 9.53 Å². The Kier molecular flexibility index (Phi) is 4.14. The Bertz CT molecular complexity index is 345. The Morgan fingerprint density at radius 2 is 2.65 bits per heavy atom. The molecule has 1 fully saturated rings. The first-order chi connectivity index (χ1) is 8.25. The van der Waals surface area contributed by atoms with Gasteiger partial charge in [0.25, 0.3) is 0 Å². The highest BCUT2D eigenvalue weighted by atomic mass is 16.5. The summed E-state index contributed by atoms with van der Waals surface area (Å²) in [5.74, 6) is 0.0780. The summed E-state index contributed by atoms with van der Waals surface area (Å²) in [6, 6.07) is 0.00532. The van der Waals surface area contributed by atoms with Crippen molar-refractivity contribution in [2.75, 3.05) is 6.61 Å². The van der Waals surface area contributed by atoms with Crippen molar-refractivity contribution >= 4 is 5.91 Å². The summed E-state index contributed by atoms with van der Waals surface area (Å²) < 4.78 is 5.49. The van der Waals surface area contributed by atoms with Gasteiger partial charge in [-0.2, -0.15) is 5.10 Å². The van der Waals surface area contributed by atoms with Crippen molar-refractivity contribution in [3.05, 3.63) is 18.0 Å². The number of ether oxygens (including phenoxy) is 1. The zero-order chi connectivity index (χ0) is 12.1. The van der Waals surface area contributed by atoms with Gasteiger partial charge in [0, 0.05) is 24.8 Å². The molecule has 0 aliphatic carbocycles. The van der Waals surface area contributed by atoms with E-state index in [1.807, 2.05) is 6.92 Å². The lowest BCUT2D eigenvalue weighted by molar-refractivity contribution is -0.122. The molecule has 94 valence electrons. The van der Waals surface area contributed by atoms with Gasteiger partial charge in [-0.05, 0) is 26.2 Å². The van der Waals surface area contributed by atoms with Gasteiger partial charge in [-0.25, -0.2) is 0 Å². The van der Waals surface area contributed by atoms with Gasteiger partial charge in [0.15, 0.2) is 0 Å². The quantitative estimate of drug-likeness (QED) is 0.816. The summed E-state index contributed by atoms with van der Waals surface area (Å²) in [7, 11) is 0. The zero-order valence-electron chi connectivity index (χ0n) is 10.1. The molecule has 1 aliphatic heterocycles. The molecule has 1 saturated heterocycles. The average molecular weight is 237 g/mol. The van der Waals surface area contributed by atoms with Crippen molar-refractivity contribution < 1.29 is 9.53 Å². The van der Waals surface area contributed by atoms with E-state index in [-0.39, 0.29) is 18.1 Å². The lowest BCUT2D eigenvalue weighted by Crippen LogP contribution is -2.27. The summed E-state index contributed by atoms with van der Waals surface area (Å²) in [6.45, 7) is 2.80. The molecule has 0 bridgehead atoms. The molecule has 17 heavy (non-hydrogen) atoms. The smallest absolute Gasteiger partial charge is 0.220 e. The summed E-state index contributed by atoms with van der Waals surface area (Å²) in [4.78, 5) is 11.7. The van der Waals surface area contributed by atoms with Gasteiger partial charge in [-0.3, -0.25) is 9.89 Å². The number of nitrogens with one attached hydrogen (secondary N) is 2. The van der Waals surface area contributed by atoms with E-state index in [2.05, 4.69) is 15.5 Å². The third kappa shape index (κ3) is 3.56. The van der Waals surface area contributed by atoms with Crippen LogP contribution in [0.2, 0.25) is 0 Å². The van der Waals surface area contributed by atoms with Crippen molar-refractivity contribution in [1.29, 1.82) is 0 Å². The monoisotopic (exact) mass is 237 g/mol. The van der Waals surface area contributed by atoms with Crippen molar-refractivity contribution in [3.8, 4) is 0 Å². The molecular weight excluding hydrogens is 218 g/mol. The normalized spacial score (nSPS) is 21.4. The molecule has 0 aromatic carbocycles. The molecule has 2 atom stereocenters. The number of hydrogen-bond acceptors (Lipinski definition) is 3. The lowest BCUT2D eigenvalue weighted by atomic mass is 10.1. The van der Waals surface area contributed by atoms with Crippen LogP contribution in [0.1, 0.15) is 44.2 Å². The zero-order valence-corrected chi connectivity index (χ0v) is 10.1. The molecule has 2 unspecified atom stereocenters. The maximum absolute atomic E-state index is 11.7. The van der Waals surface area contributed by atoms with Crippen LogP contribution in [0.4, 0.5) is 0 Å². The fourth-order valence-corrected chi connectivity index (χ4v) is 2.06. The molecule has 0 spiro atoms. The van der Waals surface area contributed by atoms with Gasteiger partial charge in [-0.1, -0.05) is 0 Å². The van der Waals surface area contributed by atoms with E-state index in [4.69, 9.17) is 4.74 Å². The molecule has 1 aliphatic rings. The molecule has 1 amide bonds. The highest BCUT2D eigenvalue weighted by Crippen LogP contribution is 2.17. The van der Waals surface area contributed by atoms with Crippen LogP contribution in [0, 0.1) is 0 Å². The standard InChI is InChI=1S/C12H19N3O2/c1-9(10-7-13-14-8-10)15-12(16)5-4-11-3-2-6-17-11/h7-9,11H,2-6H2,1H3,(H,13,14)(H,15,16). The SMILES string of the molecule is CC(NC(=O)CCC1CCCO1)c1cn[nH]c1. The fourth-order valence-electron chi connectivity index (χ4n) is 2.06. The van der Waals surface area contributed by atoms with Crippen LogP contribution in [0.15, 0.2) is 12.4 Å². The Balaban J connectivity index is 1.69. The maximum atomic E-state index is 11.7. The van der Waals surface area contributed by atoms with Crippen LogP contribution in [-0.4, -0.2) is 28.8 Å². The summed E-state index contributed by atoms with van der Waals surface area (Å²) >= 11 is 0. The van der Waals surface area contributed by atoms with Gasteiger partial charge in [0.05, 0.1) is 18.3 Å². The molecule has 2 rings (SSSR count). The Morgan fingerprint density at radius 3 is 3.29 bits per heavy atom. The number of nitrogens with zero attached hydrogens (tertiary/aromatic N) is 1. The summed E-state index contributed by atoms with van der Waals surface area (Å²) in [5.41, 5.74) is 0.996. The lowest BCUT2D eigenvalue weighted by Gasteiger charge is -2.13. The van der Waals surface area contributed by atoms with Crippen LogP contribution in [0.5, 0.6) is 0 Å². The molecule has 0 radical (unpaired) electrons. The van der Waals surface area contributed by atoms with Crippen LogP contribution in [0.25, 0.3) is 0 Å². The first kappa shape index (κ1) is 12.1. The van der Waals surface area contributed by atoms with Gasteiger partial charge < -0.3 is 10.1 Å². The van der Waals surface area contributed by atoms with Gasteiger partial charge in [0.1, 0.15) is 0 Å². The van der Waals surface area contributed by atoms with Crippen LogP contribution >= 0.6 is 0 Å². The number of rotatable bonds is 5. The number of carbonyl (C=O) groups excluding carboxylic acids is 1. The third-order valence-electron chi connectivity index (χ3n) is 3.11. The van der Waals surface area contributed by atoms with Crippen LogP contribution in [0.3, 0.4) is 0 Å². The molecular formula is C12H19N3O2. The van der Waals surface area contributed by atoms with Crippen molar-refractivity contribution in [3.63, 3.8) is 0 Å². The van der Waals surface area contributed by atoms with E-state index in [1.54, 1.807) is 12.4 Å². The van der Waals surface area contributed by atoms with Crippen molar-refractivity contribution in [1.82, 2.24) is 15.5 Å². The minimum absolute atomic E-state index is 0.00532. The van der Waals surface area contributed by atoms with E-state index in [1.165, 1.54) is 0 Å². The van der Waals surface area contributed by atoms with E-state index >= 15 is 0 Å². The predicted molar refractivity (Wildman–Crippen MR) is 63.4 cm³/mol. The van der Waals surface area contributed by atoms with Gasteiger partial charge in [-0.15, -0.1) is 0 Å². The number of hydrogen-bond donors (Lipinski definition) is 2. The first-order valence-electron chi connectivity index (χ1n) is 6.15. The van der Waals surface area contributed by atoms with E-state index < -0.39 is 0 Å². The van der Waals surface area contributed by atoms with Gasteiger partial charge in [0.2, 0.25) is 5.91 Å². The summed E-state index contributed by atoms with van der Waals surface area (Å²) in [5, 5.41) is 9.55. The Hall–Kier alpha value is -1.36. The molecule has 2 heterocycles. The van der Waals surface area contributed by atoms with Gasteiger partial charge >= 0.3 is 0 Å². The number of amides is 1. The topological polar surface area (TPSA) is 67.0 Å². The second-order valence-corrected chi connectivity index (χ2v) is 4.49. The Labute approximate surface area is 101 Å². The molecule has 0 saturated carbocycles. The molecule has 1 aromatic rings. The first-order valence-corrected chi connectivity index (χ1v) is 6.15. The number of carbonyl (C=O) groups is 1. The molecule has 1 aromatic heterocycles. The largest absolute Gasteiger partial charge is 0.378 e.